The molecule has 1 amide bonds. The molecule has 0 atom stereocenters. The molecular formula is C16H13F4NO2. The molecule has 7 heteroatoms. The number of hydrogen-bond acceptors (Lipinski definition) is 2. The Morgan fingerprint density at radius 3 is 2.39 bits per heavy atom. The van der Waals surface area contributed by atoms with E-state index in [9.17, 15) is 22.4 Å². The van der Waals surface area contributed by atoms with Gasteiger partial charge in [-0.25, -0.2) is 4.39 Å². The second kappa shape index (κ2) is 7.13. The van der Waals surface area contributed by atoms with E-state index in [-0.39, 0.29) is 23.9 Å². The Hall–Kier alpha value is -2.57. The zero-order valence-corrected chi connectivity index (χ0v) is 11.9. The van der Waals surface area contributed by atoms with E-state index < -0.39 is 6.36 Å². The van der Waals surface area contributed by atoms with Crippen LogP contribution in [0.25, 0.3) is 0 Å². The standard InChI is InChI=1S/C16H13F4NO2/c17-12-3-1-2-11(10-12)4-9-15(22)21-13-5-7-14(8-6-13)23-16(18,19)20/h1-3,5-8,10H,4,9H2,(H,21,22). The van der Waals surface area contributed by atoms with E-state index in [4.69, 9.17) is 0 Å². The smallest absolute Gasteiger partial charge is 0.406 e. The lowest BCUT2D eigenvalue weighted by molar-refractivity contribution is -0.274. The lowest BCUT2D eigenvalue weighted by Crippen LogP contribution is -2.17. The minimum atomic E-state index is -4.75. The van der Waals surface area contributed by atoms with Gasteiger partial charge in [-0.3, -0.25) is 4.79 Å². The molecule has 0 aliphatic rings. The number of alkyl halides is 3. The van der Waals surface area contributed by atoms with Gasteiger partial charge in [0.2, 0.25) is 5.91 Å². The van der Waals surface area contributed by atoms with Gasteiger partial charge in [-0.2, -0.15) is 0 Å². The zero-order valence-electron chi connectivity index (χ0n) is 11.9. The minimum Gasteiger partial charge on any atom is -0.406 e. The number of hydrogen-bond donors (Lipinski definition) is 1. The highest BCUT2D eigenvalue weighted by molar-refractivity contribution is 5.90. The fourth-order valence-electron chi connectivity index (χ4n) is 1.91. The number of ether oxygens (including phenoxy) is 1. The van der Waals surface area contributed by atoms with Crippen molar-refractivity contribution in [3.8, 4) is 5.75 Å². The second-order valence-corrected chi connectivity index (χ2v) is 4.75. The van der Waals surface area contributed by atoms with Crippen molar-refractivity contribution >= 4 is 11.6 Å². The molecule has 0 heterocycles. The number of anilines is 1. The van der Waals surface area contributed by atoms with Crippen LogP contribution in [0.15, 0.2) is 48.5 Å². The van der Waals surface area contributed by atoms with Gasteiger partial charge >= 0.3 is 6.36 Å². The van der Waals surface area contributed by atoms with Crippen LogP contribution in [0.5, 0.6) is 5.75 Å². The first kappa shape index (κ1) is 16.8. The molecular weight excluding hydrogens is 314 g/mol. The molecule has 0 aromatic heterocycles. The number of nitrogens with one attached hydrogen (secondary N) is 1. The lowest BCUT2D eigenvalue weighted by Gasteiger charge is -2.10. The topological polar surface area (TPSA) is 38.3 Å². The fourth-order valence-corrected chi connectivity index (χ4v) is 1.91. The molecule has 122 valence electrons. The van der Waals surface area contributed by atoms with Gasteiger partial charge in [0, 0.05) is 12.1 Å². The predicted octanol–water partition coefficient (Wildman–Crippen LogP) is 4.30. The van der Waals surface area contributed by atoms with Crippen molar-refractivity contribution in [2.45, 2.75) is 19.2 Å². The van der Waals surface area contributed by atoms with Crippen LogP contribution in [0.1, 0.15) is 12.0 Å². The summed E-state index contributed by atoms with van der Waals surface area (Å²) in [6, 6.07) is 10.7. The van der Waals surface area contributed by atoms with E-state index in [0.717, 1.165) is 12.1 Å². The molecule has 3 nitrogen and oxygen atoms in total. The summed E-state index contributed by atoms with van der Waals surface area (Å²) in [6.07, 6.45) is -4.27. The number of rotatable bonds is 5. The SMILES string of the molecule is O=C(CCc1cccc(F)c1)Nc1ccc(OC(F)(F)F)cc1. The molecule has 2 rings (SSSR count). The van der Waals surface area contributed by atoms with Gasteiger partial charge in [-0.15, -0.1) is 13.2 Å². The number of amides is 1. The molecule has 2 aromatic rings. The van der Waals surface area contributed by atoms with E-state index in [1.165, 1.54) is 24.3 Å². The normalized spacial score (nSPS) is 11.1. The number of carbonyl (C=O) groups is 1. The van der Waals surface area contributed by atoms with Crippen LogP contribution in [-0.2, 0) is 11.2 Å². The van der Waals surface area contributed by atoms with Gasteiger partial charge in [-0.1, -0.05) is 12.1 Å². The third-order valence-electron chi connectivity index (χ3n) is 2.90. The van der Waals surface area contributed by atoms with Gasteiger partial charge in [0.25, 0.3) is 0 Å². The Morgan fingerprint density at radius 2 is 1.78 bits per heavy atom. The lowest BCUT2D eigenvalue weighted by atomic mass is 10.1. The van der Waals surface area contributed by atoms with Crippen molar-refractivity contribution in [3.63, 3.8) is 0 Å². The highest BCUT2D eigenvalue weighted by atomic mass is 19.4. The predicted molar refractivity (Wildman–Crippen MR) is 76.5 cm³/mol. The Balaban J connectivity index is 1.85. The Kier molecular flexibility index (Phi) is 5.20. The van der Waals surface area contributed by atoms with Crippen molar-refractivity contribution in [1.29, 1.82) is 0 Å². The van der Waals surface area contributed by atoms with E-state index in [2.05, 4.69) is 10.1 Å². The summed E-state index contributed by atoms with van der Waals surface area (Å²) in [5.74, 6) is -1.06. The van der Waals surface area contributed by atoms with Crippen molar-refractivity contribution in [3.05, 3.63) is 59.9 Å². The average Bonchev–Trinajstić information content (AvgIpc) is 2.46. The first-order chi connectivity index (χ1) is 10.8. The Morgan fingerprint density at radius 1 is 1.09 bits per heavy atom. The monoisotopic (exact) mass is 327 g/mol. The maximum atomic E-state index is 13.0. The number of aryl methyl sites for hydroxylation is 1. The van der Waals surface area contributed by atoms with Crippen LogP contribution in [-0.4, -0.2) is 12.3 Å². The van der Waals surface area contributed by atoms with Gasteiger partial charge in [0.15, 0.2) is 0 Å². The molecule has 1 N–H and O–H groups in total. The van der Waals surface area contributed by atoms with Gasteiger partial charge in [0.1, 0.15) is 11.6 Å². The third-order valence-corrected chi connectivity index (χ3v) is 2.90. The maximum Gasteiger partial charge on any atom is 0.573 e. The molecule has 0 unspecified atom stereocenters. The molecule has 0 saturated heterocycles. The van der Waals surface area contributed by atoms with Crippen molar-refractivity contribution in [1.82, 2.24) is 0 Å². The molecule has 0 spiro atoms. The summed E-state index contributed by atoms with van der Waals surface area (Å²) >= 11 is 0. The highest BCUT2D eigenvalue weighted by Crippen LogP contribution is 2.24. The van der Waals surface area contributed by atoms with E-state index in [1.54, 1.807) is 12.1 Å². The summed E-state index contributed by atoms with van der Waals surface area (Å²) in [5.41, 5.74) is 1.04. The molecule has 0 fully saturated rings. The van der Waals surface area contributed by atoms with E-state index in [0.29, 0.717) is 17.7 Å². The van der Waals surface area contributed by atoms with E-state index >= 15 is 0 Å². The highest BCUT2D eigenvalue weighted by Gasteiger charge is 2.30. The first-order valence-electron chi connectivity index (χ1n) is 6.72. The average molecular weight is 327 g/mol. The Bertz CT molecular complexity index is 669. The van der Waals surface area contributed by atoms with Crippen molar-refractivity contribution < 1.29 is 27.1 Å². The summed E-state index contributed by atoms with van der Waals surface area (Å²) in [6.45, 7) is 0. The molecule has 0 radical (unpaired) electrons. The van der Waals surface area contributed by atoms with Crippen LogP contribution < -0.4 is 10.1 Å². The van der Waals surface area contributed by atoms with Crippen molar-refractivity contribution in [2.75, 3.05) is 5.32 Å². The second-order valence-electron chi connectivity index (χ2n) is 4.75. The number of benzene rings is 2. The summed E-state index contributed by atoms with van der Waals surface area (Å²) in [5, 5.41) is 2.55. The van der Waals surface area contributed by atoms with Gasteiger partial charge in [-0.05, 0) is 48.4 Å². The molecule has 0 saturated carbocycles. The van der Waals surface area contributed by atoms with Gasteiger partial charge < -0.3 is 10.1 Å². The quantitative estimate of drug-likeness (QED) is 0.832. The van der Waals surface area contributed by atoms with Crippen LogP contribution in [0, 0.1) is 5.82 Å². The van der Waals surface area contributed by atoms with Crippen LogP contribution in [0.4, 0.5) is 23.2 Å². The number of halogens is 4. The van der Waals surface area contributed by atoms with Crippen LogP contribution >= 0.6 is 0 Å². The largest absolute Gasteiger partial charge is 0.573 e. The minimum absolute atomic E-state index is 0.129. The molecule has 23 heavy (non-hydrogen) atoms. The van der Waals surface area contributed by atoms with Crippen LogP contribution in [0.3, 0.4) is 0 Å². The Labute approximate surface area is 129 Å². The summed E-state index contributed by atoms with van der Waals surface area (Å²) in [7, 11) is 0. The summed E-state index contributed by atoms with van der Waals surface area (Å²) in [4.78, 5) is 11.8. The molecule has 2 aromatic carbocycles. The molecule has 0 aliphatic carbocycles. The number of carbonyl (C=O) groups excluding carboxylic acids is 1. The first-order valence-corrected chi connectivity index (χ1v) is 6.72. The van der Waals surface area contributed by atoms with Crippen molar-refractivity contribution in [2.24, 2.45) is 0 Å². The zero-order chi connectivity index (χ0) is 16.9. The third kappa shape index (κ3) is 5.98. The molecule has 0 aliphatic heterocycles. The van der Waals surface area contributed by atoms with E-state index in [1.807, 2.05) is 0 Å². The maximum absolute atomic E-state index is 13.0. The molecule has 0 bridgehead atoms. The van der Waals surface area contributed by atoms with Gasteiger partial charge in [0.05, 0.1) is 0 Å². The van der Waals surface area contributed by atoms with Crippen LogP contribution in [0.2, 0.25) is 0 Å². The summed E-state index contributed by atoms with van der Waals surface area (Å²) < 4.78 is 52.8. The fraction of sp³-hybridized carbons (Fsp3) is 0.188.